The van der Waals surface area contributed by atoms with Crippen molar-refractivity contribution in [2.24, 2.45) is 0 Å². The largest absolute Gasteiger partial charge is 0.380 e. The summed E-state index contributed by atoms with van der Waals surface area (Å²) < 4.78 is 7.37. The van der Waals surface area contributed by atoms with Crippen molar-refractivity contribution >= 4 is 11.6 Å². The number of halogens is 1. The zero-order chi connectivity index (χ0) is 16.9. The number of ether oxygens (including phenoxy) is 1. The van der Waals surface area contributed by atoms with E-state index < -0.39 is 0 Å². The molecule has 0 bridgehead atoms. The van der Waals surface area contributed by atoms with Gasteiger partial charge in [-0.2, -0.15) is 5.10 Å². The normalized spacial score (nSPS) is 11.9. The van der Waals surface area contributed by atoms with Crippen LogP contribution in [0.25, 0.3) is 11.3 Å². The molecule has 0 aliphatic rings. The summed E-state index contributed by atoms with van der Waals surface area (Å²) in [4.78, 5) is 0. The van der Waals surface area contributed by atoms with Crippen LogP contribution in [0.1, 0.15) is 33.3 Å². The van der Waals surface area contributed by atoms with Crippen LogP contribution in [0.3, 0.4) is 0 Å². The van der Waals surface area contributed by atoms with Crippen LogP contribution in [0.4, 0.5) is 0 Å². The van der Waals surface area contributed by atoms with E-state index >= 15 is 0 Å². The van der Waals surface area contributed by atoms with Gasteiger partial charge in [-0.3, -0.25) is 4.68 Å². The molecule has 1 aromatic carbocycles. The predicted octanol–water partition coefficient (Wildman–Crippen LogP) is 4.08. The molecule has 5 heteroatoms. The Morgan fingerprint density at radius 3 is 2.65 bits per heavy atom. The van der Waals surface area contributed by atoms with Gasteiger partial charge < -0.3 is 10.1 Å². The molecule has 0 radical (unpaired) electrons. The van der Waals surface area contributed by atoms with Crippen LogP contribution in [0, 0.1) is 0 Å². The summed E-state index contributed by atoms with van der Waals surface area (Å²) in [6.07, 6.45) is 2.10. The van der Waals surface area contributed by atoms with Crippen molar-refractivity contribution in [2.45, 2.75) is 39.8 Å². The highest BCUT2D eigenvalue weighted by atomic mass is 35.5. The van der Waals surface area contributed by atoms with E-state index in [2.05, 4.69) is 32.3 Å². The monoisotopic (exact) mass is 335 g/mol. The number of aromatic nitrogens is 2. The number of benzene rings is 1. The van der Waals surface area contributed by atoms with E-state index in [1.807, 2.05) is 35.9 Å². The molecule has 0 saturated heterocycles. The average molecular weight is 336 g/mol. The maximum Gasteiger partial charge on any atom is 0.0983 e. The quantitative estimate of drug-likeness (QED) is 0.775. The third kappa shape index (κ3) is 4.80. The summed E-state index contributed by atoms with van der Waals surface area (Å²) in [7, 11) is 0. The minimum absolute atomic E-state index is 0.0699. The molecular weight excluding hydrogens is 310 g/mol. The second-order valence-corrected chi connectivity index (χ2v) is 6.88. The van der Waals surface area contributed by atoms with E-state index in [1.54, 1.807) is 0 Å². The van der Waals surface area contributed by atoms with E-state index in [1.165, 1.54) is 0 Å². The smallest absolute Gasteiger partial charge is 0.0983 e. The third-order valence-electron chi connectivity index (χ3n) is 3.55. The highest BCUT2D eigenvalue weighted by Gasteiger charge is 2.19. The Morgan fingerprint density at radius 2 is 2.00 bits per heavy atom. The van der Waals surface area contributed by atoms with Gasteiger partial charge in [-0.1, -0.05) is 29.8 Å². The third-order valence-corrected chi connectivity index (χ3v) is 3.88. The van der Waals surface area contributed by atoms with Crippen molar-refractivity contribution < 1.29 is 4.74 Å². The molecule has 126 valence electrons. The lowest BCUT2D eigenvalue weighted by Gasteiger charge is -2.18. The van der Waals surface area contributed by atoms with Crippen LogP contribution in [-0.4, -0.2) is 29.5 Å². The summed E-state index contributed by atoms with van der Waals surface area (Å²) in [5.74, 6) is 0. The first kappa shape index (κ1) is 18.0. The average Bonchev–Trinajstić information content (AvgIpc) is 2.92. The first-order valence-electron chi connectivity index (χ1n) is 8.06. The van der Waals surface area contributed by atoms with Crippen LogP contribution < -0.4 is 5.32 Å². The van der Waals surface area contributed by atoms with E-state index in [0.29, 0.717) is 6.61 Å². The van der Waals surface area contributed by atoms with Crippen molar-refractivity contribution in [3.05, 3.63) is 41.0 Å². The minimum atomic E-state index is -0.0699. The SMILES string of the molecule is CCOCCNCc1cn(C(C)(C)C)nc1-c1ccccc1Cl. The topological polar surface area (TPSA) is 39.1 Å². The van der Waals surface area contributed by atoms with Gasteiger partial charge in [-0.15, -0.1) is 0 Å². The molecule has 0 saturated carbocycles. The lowest BCUT2D eigenvalue weighted by Crippen LogP contribution is -2.22. The molecule has 4 nitrogen and oxygen atoms in total. The van der Waals surface area contributed by atoms with Crippen molar-refractivity contribution in [1.29, 1.82) is 0 Å². The van der Waals surface area contributed by atoms with Gasteiger partial charge in [0, 0.05) is 37.0 Å². The summed E-state index contributed by atoms with van der Waals surface area (Å²) in [5.41, 5.74) is 2.98. The molecule has 2 aromatic rings. The van der Waals surface area contributed by atoms with Gasteiger partial charge in [-0.05, 0) is 33.8 Å². The highest BCUT2D eigenvalue weighted by Crippen LogP contribution is 2.30. The van der Waals surface area contributed by atoms with E-state index in [-0.39, 0.29) is 5.54 Å². The van der Waals surface area contributed by atoms with Crippen LogP contribution >= 0.6 is 11.6 Å². The fourth-order valence-electron chi connectivity index (χ4n) is 2.27. The molecule has 1 aromatic heterocycles. The predicted molar refractivity (Wildman–Crippen MR) is 95.9 cm³/mol. The maximum atomic E-state index is 6.37. The number of hydrogen-bond acceptors (Lipinski definition) is 3. The molecule has 23 heavy (non-hydrogen) atoms. The zero-order valence-electron chi connectivity index (χ0n) is 14.4. The Morgan fingerprint density at radius 1 is 1.26 bits per heavy atom. The first-order chi connectivity index (χ1) is 10.9. The number of nitrogens with zero attached hydrogens (tertiary/aromatic N) is 2. The molecule has 1 N–H and O–H groups in total. The summed E-state index contributed by atoms with van der Waals surface area (Å²) >= 11 is 6.37. The molecule has 0 unspecified atom stereocenters. The number of rotatable bonds is 7. The Hall–Kier alpha value is -1.36. The molecule has 0 aliphatic carbocycles. The van der Waals surface area contributed by atoms with E-state index in [4.69, 9.17) is 21.4 Å². The molecule has 0 fully saturated rings. The van der Waals surface area contributed by atoms with Gasteiger partial charge in [-0.25, -0.2) is 0 Å². The van der Waals surface area contributed by atoms with Crippen molar-refractivity contribution in [1.82, 2.24) is 15.1 Å². The minimum Gasteiger partial charge on any atom is -0.380 e. The fourth-order valence-corrected chi connectivity index (χ4v) is 2.50. The molecule has 2 rings (SSSR count). The van der Waals surface area contributed by atoms with Gasteiger partial charge in [0.15, 0.2) is 0 Å². The maximum absolute atomic E-state index is 6.37. The highest BCUT2D eigenvalue weighted by molar-refractivity contribution is 6.33. The van der Waals surface area contributed by atoms with Crippen LogP contribution in [0.15, 0.2) is 30.5 Å². The van der Waals surface area contributed by atoms with Gasteiger partial charge >= 0.3 is 0 Å². The Balaban J connectivity index is 2.25. The Kier molecular flexibility index (Phi) is 6.22. The second kappa shape index (κ2) is 7.95. The van der Waals surface area contributed by atoms with E-state index in [9.17, 15) is 0 Å². The van der Waals surface area contributed by atoms with Crippen molar-refractivity contribution in [2.75, 3.05) is 19.8 Å². The lowest BCUT2D eigenvalue weighted by molar-refractivity contribution is 0.149. The molecule has 0 spiro atoms. The van der Waals surface area contributed by atoms with Crippen LogP contribution in [0.5, 0.6) is 0 Å². The summed E-state index contributed by atoms with van der Waals surface area (Å²) in [6, 6.07) is 7.84. The molecule has 0 aliphatic heterocycles. The van der Waals surface area contributed by atoms with E-state index in [0.717, 1.165) is 41.5 Å². The van der Waals surface area contributed by atoms with Gasteiger partial charge in [0.05, 0.1) is 22.9 Å². The van der Waals surface area contributed by atoms with Crippen molar-refractivity contribution in [3.8, 4) is 11.3 Å². The first-order valence-corrected chi connectivity index (χ1v) is 8.43. The standard InChI is InChI=1S/C18H26ClN3O/c1-5-23-11-10-20-12-14-13-22(18(2,3)4)21-17(14)15-8-6-7-9-16(15)19/h6-9,13,20H,5,10-12H2,1-4H3. The summed E-state index contributed by atoms with van der Waals surface area (Å²) in [5, 5.41) is 8.92. The number of nitrogens with one attached hydrogen (secondary N) is 1. The molecule has 1 heterocycles. The Bertz CT molecular complexity index is 631. The Labute approximate surface area is 143 Å². The molecule has 0 atom stereocenters. The fraction of sp³-hybridized carbons (Fsp3) is 0.500. The molecular formula is C18H26ClN3O. The lowest BCUT2D eigenvalue weighted by atomic mass is 10.1. The second-order valence-electron chi connectivity index (χ2n) is 6.47. The van der Waals surface area contributed by atoms with Crippen molar-refractivity contribution in [3.63, 3.8) is 0 Å². The molecule has 0 amide bonds. The number of hydrogen-bond donors (Lipinski definition) is 1. The summed E-state index contributed by atoms with van der Waals surface area (Å²) in [6.45, 7) is 11.4. The zero-order valence-corrected chi connectivity index (χ0v) is 15.2. The van der Waals surface area contributed by atoms with Crippen LogP contribution in [0.2, 0.25) is 5.02 Å². The van der Waals surface area contributed by atoms with Crippen LogP contribution in [-0.2, 0) is 16.8 Å². The van der Waals surface area contributed by atoms with Gasteiger partial charge in [0.2, 0.25) is 0 Å². The van der Waals surface area contributed by atoms with Gasteiger partial charge in [0.1, 0.15) is 0 Å². The van der Waals surface area contributed by atoms with Gasteiger partial charge in [0.25, 0.3) is 0 Å².